The molecule has 0 spiro atoms. The molecule has 0 bridgehead atoms. The zero-order valence-electron chi connectivity index (χ0n) is 14.6. The number of anilines is 3. The van der Waals surface area contributed by atoms with Crippen molar-refractivity contribution in [3.05, 3.63) is 66.2 Å². The number of rotatable bonds is 5. The second-order valence-corrected chi connectivity index (χ2v) is 5.86. The number of benzene rings is 2. The number of hydrogen-bond acceptors (Lipinski definition) is 8. The van der Waals surface area contributed by atoms with Crippen LogP contribution in [0.5, 0.6) is 5.88 Å². The van der Waals surface area contributed by atoms with Crippen LogP contribution in [0.25, 0.3) is 10.9 Å². The Morgan fingerprint density at radius 3 is 2.67 bits per heavy atom. The fraction of sp³-hybridized carbons (Fsp3) is 0.105. The Morgan fingerprint density at radius 1 is 0.963 bits per heavy atom. The molecule has 27 heavy (non-hydrogen) atoms. The lowest BCUT2D eigenvalue weighted by Gasteiger charge is -2.10. The number of nitrogens with two attached hydrogens (primary N) is 1. The van der Waals surface area contributed by atoms with E-state index in [9.17, 15) is 0 Å². The van der Waals surface area contributed by atoms with E-state index >= 15 is 0 Å². The van der Waals surface area contributed by atoms with Crippen molar-refractivity contribution >= 4 is 28.5 Å². The molecule has 2 aromatic heterocycles. The highest BCUT2D eigenvalue weighted by molar-refractivity contribution is 5.82. The smallest absolute Gasteiger partial charge is 0.232 e. The summed E-state index contributed by atoms with van der Waals surface area (Å²) in [5.41, 5.74) is 8.60. The Bertz CT molecular complexity index is 1090. The summed E-state index contributed by atoms with van der Waals surface area (Å²) in [5.74, 6) is 1.35. The van der Waals surface area contributed by atoms with Crippen LogP contribution in [0.3, 0.4) is 0 Å². The molecule has 134 valence electrons. The number of nitrogens with zero attached hydrogens (tertiary/aromatic N) is 5. The van der Waals surface area contributed by atoms with Crippen LogP contribution in [0.1, 0.15) is 11.4 Å². The van der Waals surface area contributed by atoms with Gasteiger partial charge in [-0.2, -0.15) is 15.0 Å². The molecule has 8 nitrogen and oxygen atoms in total. The van der Waals surface area contributed by atoms with E-state index in [-0.39, 0.29) is 12.6 Å². The van der Waals surface area contributed by atoms with E-state index in [2.05, 4.69) is 30.2 Å². The summed E-state index contributed by atoms with van der Waals surface area (Å²) in [7, 11) is 0. The van der Waals surface area contributed by atoms with Gasteiger partial charge in [0.1, 0.15) is 12.9 Å². The monoisotopic (exact) mass is 359 g/mol. The predicted octanol–water partition coefficient (Wildman–Crippen LogP) is 3.03. The number of hydrogen-bond donors (Lipinski definition) is 2. The molecule has 0 saturated carbocycles. The highest BCUT2D eigenvalue weighted by Gasteiger charge is 2.09. The first-order valence-electron chi connectivity index (χ1n) is 8.34. The third-order valence-corrected chi connectivity index (χ3v) is 3.93. The molecule has 0 fully saturated rings. The van der Waals surface area contributed by atoms with Crippen LogP contribution in [0.2, 0.25) is 0 Å². The quantitative estimate of drug-likeness (QED) is 0.559. The lowest BCUT2D eigenvalue weighted by atomic mass is 10.2. The molecule has 4 aromatic rings. The lowest BCUT2D eigenvalue weighted by molar-refractivity contribution is 0.287. The largest absolute Gasteiger partial charge is 0.469 e. The lowest BCUT2D eigenvalue weighted by Crippen LogP contribution is -2.10. The van der Waals surface area contributed by atoms with E-state index in [0.717, 1.165) is 22.2 Å². The molecule has 3 N–H and O–H groups in total. The van der Waals surface area contributed by atoms with E-state index in [4.69, 9.17) is 10.5 Å². The SMILES string of the molecule is Cc1ccccc1Nc1nc(N)nc(COc2ncnc3ccccc23)n1. The predicted molar refractivity (Wildman–Crippen MR) is 103 cm³/mol. The van der Waals surface area contributed by atoms with E-state index in [1.807, 2.05) is 55.5 Å². The van der Waals surface area contributed by atoms with Gasteiger partial charge in [0.05, 0.1) is 10.9 Å². The summed E-state index contributed by atoms with van der Waals surface area (Å²) in [6, 6.07) is 15.5. The zero-order chi connectivity index (χ0) is 18.6. The third-order valence-electron chi connectivity index (χ3n) is 3.93. The fourth-order valence-electron chi connectivity index (χ4n) is 2.62. The van der Waals surface area contributed by atoms with Crippen molar-refractivity contribution in [2.24, 2.45) is 0 Å². The van der Waals surface area contributed by atoms with Crippen LogP contribution in [0.15, 0.2) is 54.9 Å². The van der Waals surface area contributed by atoms with Crippen LogP contribution in [0.4, 0.5) is 17.6 Å². The van der Waals surface area contributed by atoms with E-state index in [0.29, 0.717) is 17.7 Å². The van der Waals surface area contributed by atoms with Gasteiger partial charge < -0.3 is 15.8 Å². The molecule has 8 heteroatoms. The minimum Gasteiger partial charge on any atom is -0.469 e. The highest BCUT2D eigenvalue weighted by Crippen LogP contribution is 2.22. The van der Waals surface area contributed by atoms with Crippen molar-refractivity contribution in [2.45, 2.75) is 13.5 Å². The van der Waals surface area contributed by atoms with Gasteiger partial charge in [-0.3, -0.25) is 0 Å². The molecular formula is C19H17N7O. The van der Waals surface area contributed by atoms with Crippen molar-refractivity contribution in [3.63, 3.8) is 0 Å². The molecular weight excluding hydrogens is 342 g/mol. The second kappa shape index (κ2) is 7.20. The van der Waals surface area contributed by atoms with Crippen LogP contribution < -0.4 is 15.8 Å². The van der Waals surface area contributed by atoms with Gasteiger partial charge in [0.25, 0.3) is 0 Å². The van der Waals surface area contributed by atoms with Crippen LogP contribution in [0, 0.1) is 6.92 Å². The number of aromatic nitrogens is 5. The van der Waals surface area contributed by atoms with Crippen molar-refractivity contribution in [2.75, 3.05) is 11.1 Å². The molecule has 2 aromatic carbocycles. The van der Waals surface area contributed by atoms with Gasteiger partial charge >= 0.3 is 0 Å². The summed E-state index contributed by atoms with van der Waals surface area (Å²) in [5, 5.41) is 3.98. The Balaban J connectivity index is 1.56. The number of ether oxygens (including phenoxy) is 1. The normalized spacial score (nSPS) is 10.7. The maximum atomic E-state index is 5.83. The molecule has 2 heterocycles. The van der Waals surface area contributed by atoms with Crippen molar-refractivity contribution < 1.29 is 4.74 Å². The van der Waals surface area contributed by atoms with Gasteiger partial charge in [0.2, 0.25) is 17.8 Å². The van der Waals surface area contributed by atoms with E-state index in [1.165, 1.54) is 6.33 Å². The third kappa shape index (κ3) is 3.74. The first-order valence-corrected chi connectivity index (χ1v) is 8.34. The number of nitrogens with one attached hydrogen (secondary N) is 1. The Labute approximate surface area is 155 Å². The van der Waals surface area contributed by atoms with Crippen LogP contribution in [-0.4, -0.2) is 24.9 Å². The summed E-state index contributed by atoms with van der Waals surface area (Å²) in [6.07, 6.45) is 1.46. The van der Waals surface area contributed by atoms with Gasteiger partial charge in [-0.15, -0.1) is 0 Å². The molecule has 0 unspecified atom stereocenters. The van der Waals surface area contributed by atoms with Crippen LogP contribution in [-0.2, 0) is 6.61 Å². The van der Waals surface area contributed by atoms with Gasteiger partial charge in [-0.25, -0.2) is 9.97 Å². The van der Waals surface area contributed by atoms with E-state index < -0.39 is 0 Å². The highest BCUT2D eigenvalue weighted by atomic mass is 16.5. The number of aryl methyl sites for hydroxylation is 1. The van der Waals surface area contributed by atoms with Gasteiger partial charge in [0, 0.05) is 5.69 Å². The minimum atomic E-state index is 0.107. The van der Waals surface area contributed by atoms with Crippen molar-refractivity contribution in [1.29, 1.82) is 0 Å². The standard InChI is InChI=1S/C19H17N7O/c1-12-6-2-4-8-14(12)23-19-25-16(24-18(20)26-19)10-27-17-13-7-3-5-9-15(13)21-11-22-17/h2-9,11H,10H2,1H3,(H3,20,23,24,25,26). The molecule has 0 radical (unpaired) electrons. The maximum absolute atomic E-state index is 5.83. The summed E-state index contributed by atoms with van der Waals surface area (Å²) >= 11 is 0. The molecule has 0 aliphatic carbocycles. The number of fused-ring (bicyclic) bond motifs is 1. The van der Waals surface area contributed by atoms with Gasteiger partial charge in [-0.05, 0) is 30.7 Å². The Kier molecular flexibility index (Phi) is 4.44. The average molecular weight is 359 g/mol. The zero-order valence-corrected chi connectivity index (χ0v) is 14.6. The second-order valence-electron chi connectivity index (χ2n) is 5.86. The van der Waals surface area contributed by atoms with Crippen LogP contribution >= 0.6 is 0 Å². The fourth-order valence-corrected chi connectivity index (χ4v) is 2.62. The topological polar surface area (TPSA) is 112 Å². The minimum absolute atomic E-state index is 0.107. The van der Waals surface area contributed by atoms with Crippen molar-refractivity contribution in [3.8, 4) is 5.88 Å². The van der Waals surface area contributed by atoms with Gasteiger partial charge in [0.15, 0.2) is 5.82 Å². The molecule has 0 aliphatic heterocycles. The molecule has 0 atom stereocenters. The first-order chi connectivity index (χ1) is 13.2. The molecule has 0 aliphatic rings. The summed E-state index contributed by atoms with van der Waals surface area (Å²) in [4.78, 5) is 21.1. The molecule has 4 rings (SSSR count). The van der Waals surface area contributed by atoms with Crippen molar-refractivity contribution in [1.82, 2.24) is 24.9 Å². The summed E-state index contributed by atoms with van der Waals surface area (Å²) < 4.78 is 5.80. The number of nitrogen functional groups attached to an aromatic ring is 1. The van der Waals surface area contributed by atoms with E-state index in [1.54, 1.807) is 0 Å². The maximum Gasteiger partial charge on any atom is 0.232 e. The molecule has 0 saturated heterocycles. The number of para-hydroxylation sites is 2. The summed E-state index contributed by atoms with van der Waals surface area (Å²) in [6.45, 7) is 2.10. The Morgan fingerprint density at radius 2 is 1.78 bits per heavy atom. The average Bonchev–Trinajstić information content (AvgIpc) is 2.68. The first kappa shape index (κ1) is 16.6. The molecule has 0 amide bonds. The van der Waals surface area contributed by atoms with Gasteiger partial charge in [-0.1, -0.05) is 30.3 Å². The Hall–Kier alpha value is -3.81.